The van der Waals surface area contributed by atoms with Gasteiger partial charge in [0.05, 0.1) is 13.1 Å². The molecule has 1 amide bonds. The fourth-order valence-electron chi connectivity index (χ4n) is 3.32. The zero-order valence-electron chi connectivity index (χ0n) is 14.9. The first-order chi connectivity index (χ1) is 12.2. The van der Waals surface area contributed by atoms with Crippen LogP contribution in [0.4, 0.5) is 0 Å². The number of rotatable bonds is 7. The van der Waals surface area contributed by atoms with Crippen molar-refractivity contribution < 1.29 is 14.4 Å². The van der Waals surface area contributed by atoms with E-state index in [4.69, 9.17) is 4.74 Å². The second-order valence-corrected chi connectivity index (χ2v) is 6.78. The number of nitrogens with one attached hydrogen (secondary N) is 2. The molecule has 2 aromatic carbocycles. The van der Waals surface area contributed by atoms with E-state index in [1.54, 1.807) is 4.90 Å². The number of carbonyl (C=O) groups excluding carboxylic acids is 1. The number of carbonyl (C=O) groups is 1. The third kappa shape index (κ3) is 5.33. The SMILES string of the molecule is Cc1cccc(OCC(=O)NCc2ccccc2C[NH+]2CCCC2)c1. The molecule has 0 atom stereocenters. The fraction of sp³-hybridized carbons (Fsp3) is 0.381. The van der Waals surface area contributed by atoms with Gasteiger partial charge in [0.25, 0.3) is 5.91 Å². The topological polar surface area (TPSA) is 42.8 Å². The lowest BCUT2D eigenvalue weighted by Crippen LogP contribution is -3.08. The highest BCUT2D eigenvalue weighted by Gasteiger charge is 2.17. The highest BCUT2D eigenvalue weighted by atomic mass is 16.5. The Morgan fingerprint density at radius 1 is 1.08 bits per heavy atom. The van der Waals surface area contributed by atoms with Crippen LogP contribution in [0.25, 0.3) is 0 Å². The van der Waals surface area contributed by atoms with Crippen LogP contribution >= 0.6 is 0 Å². The highest BCUT2D eigenvalue weighted by Crippen LogP contribution is 2.12. The molecule has 1 saturated heterocycles. The van der Waals surface area contributed by atoms with Gasteiger partial charge in [-0.15, -0.1) is 0 Å². The quantitative estimate of drug-likeness (QED) is 0.809. The lowest BCUT2D eigenvalue weighted by Gasteiger charge is -2.15. The van der Waals surface area contributed by atoms with Crippen molar-refractivity contribution in [2.24, 2.45) is 0 Å². The van der Waals surface area contributed by atoms with Crippen molar-refractivity contribution >= 4 is 5.91 Å². The van der Waals surface area contributed by atoms with Crippen LogP contribution in [0.3, 0.4) is 0 Å². The van der Waals surface area contributed by atoms with E-state index in [9.17, 15) is 4.79 Å². The Labute approximate surface area is 149 Å². The van der Waals surface area contributed by atoms with Gasteiger partial charge in [0.2, 0.25) is 0 Å². The number of quaternary nitrogens is 1. The maximum absolute atomic E-state index is 12.1. The zero-order valence-corrected chi connectivity index (χ0v) is 14.9. The first kappa shape index (κ1) is 17.5. The lowest BCUT2D eigenvalue weighted by molar-refractivity contribution is -0.901. The summed E-state index contributed by atoms with van der Waals surface area (Å²) in [7, 11) is 0. The predicted molar refractivity (Wildman–Crippen MR) is 98.6 cm³/mol. The van der Waals surface area contributed by atoms with Gasteiger partial charge in [-0.2, -0.15) is 0 Å². The molecule has 1 fully saturated rings. The molecule has 0 unspecified atom stereocenters. The summed E-state index contributed by atoms with van der Waals surface area (Å²) in [6.45, 7) is 6.16. The summed E-state index contributed by atoms with van der Waals surface area (Å²) in [4.78, 5) is 13.7. The Bertz CT molecular complexity index is 709. The lowest BCUT2D eigenvalue weighted by atomic mass is 10.1. The first-order valence-electron chi connectivity index (χ1n) is 9.07. The molecule has 0 aromatic heterocycles. The predicted octanol–water partition coefficient (Wildman–Crippen LogP) is 1.87. The van der Waals surface area contributed by atoms with Gasteiger partial charge in [0.1, 0.15) is 12.3 Å². The Kier molecular flexibility index (Phi) is 6.07. The molecule has 1 heterocycles. The number of ether oxygens (including phenoxy) is 1. The maximum atomic E-state index is 12.1. The third-order valence-corrected chi connectivity index (χ3v) is 4.70. The van der Waals surface area contributed by atoms with E-state index < -0.39 is 0 Å². The largest absolute Gasteiger partial charge is 0.484 e. The number of amides is 1. The molecular weight excluding hydrogens is 312 g/mol. The second kappa shape index (κ2) is 8.67. The first-order valence-corrected chi connectivity index (χ1v) is 9.07. The van der Waals surface area contributed by atoms with Gasteiger partial charge in [-0.25, -0.2) is 0 Å². The van der Waals surface area contributed by atoms with Crippen LogP contribution in [-0.4, -0.2) is 25.6 Å². The van der Waals surface area contributed by atoms with Gasteiger partial charge in [0, 0.05) is 24.9 Å². The van der Waals surface area contributed by atoms with Gasteiger partial charge >= 0.3 is 0 Å². The second-order valence-electron chi connectivity index (χ2n) is 6.78. The van der Waals surface area contributed by atoms with Crippen molar-refractivity contribution in [2.45, 2.75) is 32.9 Å². The molecule has 4 heteroatoms. The van der Waals surface area contributed by atoms with Crippen LogP contribution in [-0.2, 0) is 17.9 Å². The van der Waals surface area contributed by atoms with Crippen molar-refractivity contribution in [3.05, 3.63) is 65.2 Å². The van der Waals surface area contributed by atoms with E-state index in [1.165, 1.54) is 37.1 Å². The molecule has 1 aliphatic heterocycles. The fourth-order valence-corrected chi connectivity index (χ4v) is 3.32. The van der Waals surface area contributed by atoms with Gasteiger partial charge in [-0.3, -0.25) is 4.79 Å². The van der Waals surface area contributed by atoms with Gasteiger partial charge in [-0.05, 0) is 30.2 Å². The molecule has 0 radical (unpaired) electrons. The molecule has 0 spiro atoms. The monoisotopic (exact) mass is 339 g/mol. The van der Waals surface area contributed by atoms with Crippen LogP contribution in [0.15, 0.2) is 48.5 Å². The summed E-state index contributed by atoms with van der Waals surface area (Å²) in [6, 6.07) is 16.1. The van der Waals surface area contributed by atoms with E-state index in [0.717, 1.165) is 17.9 Å². The Hall–Kier alpha value is -2.33. The molecule has 2 N–H and O–H groups in total. The van der Waals surface area contributed by atoms with E-state index in [1.807, 2.05) is 37.3 Å². The summed E-state index contributed by atoms with van der Waals surface area (Å²) in [5.41, 5.74) is 3.65. The van der Waals surface area contributed by atoms with Gasteiger partial charge in [-0.1, -0.05) is 36.4 Å². The van der Waals surface area contributed by atoms with Crippen molar-refractivity contribution in [1.82, 2.24) is 5.32 Å². The maximum Gasteiger partial charge on any atom is 0.258 e. The molecule has 0 saturated carbocycles. The number of likely N-dealkylation sites (tertiary alicyclic amines) is 1. The molecule has 1 aliphatic rings. The Morgan fingerprint density at radius 3 is 2.60 bits per heavy atom. The van der Waals surface area contributed by atoms with E-state index >= 15 is 0 Å². The number of hydrogen-bond acceptors (Lipinski definition) is 2. The minimum absolute atomic E-state index is 0.0446. The van der Waals surface area contributed by atoms with Crippen LogP contribution in [0.2, 0.25) is 0 Å². The van der Waals surface area contributed by atoms with Crippen molar-refractivity contribution in [2.75, 3.05) is 19.7 Å². The van der Waals surface area contributed by atoms with Gasteiger partial charge in [0.15, 0.2) is 6.61 Å². The average molecular weight is 339 g/mol. The van der Waals surface area contributed by atoms with Crippen LogP contribution < -0.4 is 15.0 Å². The molecule has 3 rings (SSSR count). The van der Waals surface area contributed by atoms with Crippen molar-refractivity contribution in [3.63, 3.8) is 0 Å². The van der Waals surface area contributed by atoms with E-state index in [2.05, 4.69) is 23.5 Å². The third-order valence-electron chi connectivity index (χ3n) is 4.70. The Morgan fingerprint density at radius 2 is 1.84 bits per heavy atom. The minimum Gasteiger partial charge on any atom is -0.484 e. The molecule has 2 aromatic rings. The number of aryl methyl sites for hydroxylation is 1. The van der Waals surface area contributed by atoms with Gasteiger partial charge < -0.3 is 15.0 Å². The van der Waals surface area contributed by atoms with Crippen LogP contribution in [0.1, 0.15) is 29.5 Å². The van der Waals surface area contributed by atoms with Crippen molar-refractivity contribution in [1.29, 1.82) is 0 Å². The molecule has 0 aliphatic carbocycles. The molecule has 25 heavy (non-hydrogen) atoms. The molecular formula is C21H27N2O2+. The molecule has 4 nitrogen and oxygen atoms in total. The van der Waals surface area contributed by atoms with E-state index in [0.29, 0.717) is 6.54 Å². The normalized spacial score (nSPS) is 14.4. The summed E-state index contributed by atoms with van der Waals surface area (Å²) >= 11 is 0. The number of benzene rings is 2. The van der Waals surface area contributed by atoms with E-state index in [-0.39, 0.29) is 12.5 Å². The Balaban J connectivity index is 1.50. The highest BCUT2D eigenvalue weighted by molar-refractivity contribution is 5.77. The minimum atomic E-state index is -0.0928. The molecule has 132 valence electrons. The average Bonchev–Trinajstić information content (AvgIpc) is 3.12. The summed E-state index contributed by atoms with van der Waals surface area (Å²) in [5, 5.41) is 2.98. The summed E-state index contributed by atoms with van der Waals surface area (Å²) in [5.74, 6) is 0.637. The smallest absolute Gasteiger partial charge is 0.258 e. The standard InChI is InChI=1S/C21H26N2O2/c1-17-7-6-10-20(13-17)25-16-21(24)22-14-18-8-2-3-9-19(18)15-23-11-4-5-12-23/h2-3,6-10,13H,4-5,11-12,14-16H2,1H3,(H,22,24)/p+1. The number of hydrogen-bond donors (Lipinski definition) is 2. The molecule has 0 bridgehead atoms. The zero-order chi connectivity index (χ0) is 17.5. The summed E-state index contributed by atoms with van der Waals surface area (Å²) < 4.78 is 5.56. The van der Waals surface area contributed by atoms with Crippen LogP contribution in [0, 0.1) is 6.92 Å². The van der Waals surface area contributed by atoms with Crippen molar-refractivity contribution in [3.8, 4) is 5.75 Å². The van der Waals surface area contributed by atoms with Crippen LogP contribution in [0.5, 0.6) is 5.75 Å². The summed E-state index contributed by atoms with van der Waals surface area (Å²) in [6.07, 6.45) is 2.65.